The molecule has 0 unspecified atom stereocenters. The molecular formula is C15H14Br2O2. The second-order valence-electron chi connectivity index (χ2n) is 4.06. The Morgan fingerprint density at radius 2 is 1.47 bits per heavy atom. The van der Waals surface area contributed by atoms with Crippen molar-refractivity contribution in [3.05, 3.63) is 57.0 Å². The number of hydrogen-bond donors (Lipinski definition) is 0. The van der Waals surface area contributed by atoms with Gasteiger partial charge in [-0.05, 0) is 55.0 Å². The van der Waals surface area contributed by atoms with Crippen LogP contribution in [0.3, 0.4) is 0 Å². The van der Waals surface area contributed by atoms with Gasteiger partial charge in [-0.2, -0.15) is 0 Å². The molecule has 100 valence electrons. The molecule has 2 nitrogen and oxygen atoms in total. The van der Waals surface area contributed by atoms with Crippen LogP contribution >= 0.6 is 31.9 Å². The summed E-state index contributed by atoms with van der Waals surface area (Å²) < 4.78 is 13.4. The lowest BCUT2D eigenvalue weighted by molar-refractivity contribution is 0.216. The second kappa shape index (κ2) is 6.96. The van der Waals surface area contributed by atoms with E-state index in [0.29, 0.717) is 13.2 Å². The first-order valence-corrected chi connectivity index (χ1v) is 7.51. The normalized spacial score (nSPS) is 10.3. The fourth-order valence-corrected chi connectivity index (χ4v) is 2.36. The minimum Gasteiger partial charge on any atom is -0.490 e. The van der Waals surface area contributed by atoms with E-state index in [2.05, 4.69) is 31.9 Å². The molecule has 0 spiro atoms. The molecule has 2 aromatic rings. The van der Waals surface area contributed by atoms with E-state index >= 15 is 0 Å². The Morgan fingerprint density at radius 3 is 2.16 bits per heavy atom. The minimum atomic E-state index is 0.525. The van der Waals surface area contributed by atoms with Gasteiger partial charge in [0.05, 0.1) is 0 Å². The maximum atomic E-state index is 5.68. The summed E-state index contributed by atoms with van der Waals surface area (Å²) in [5.74, 6) is 1.74. The zero-order chi connectivity index (χ0) is 13.7. The molecule has 0 radical (unpaired) electrons. The van der Waals surface area contributed by atoms with E-state index in [4.69, 9.17) is 9.47 Å². The Balaban J connectivity index is 1.79. The third-order valence-electron chi connectivity index (χ3n) is 2.56. The lowest BCUT2D eigenvalue weighted by atomic mass is 10.2. The van der Waals surface area contributed by atoms with Gasteiger partial charge in [0, 0.05) is 8.95 Å². The van der Waals surface area contributed by atoms with Crippen LogP contribution in [0, 0.1) is 6.92 Å². The van der Waals surface area contributed by atoms with Crippen LogP contribution in [0.25, 0.3) is 0 Å². The molecule has 0 amide bonds. The molecule has 0 saturated carbocycles. The van der Waals surface area contributed by atoms with Crippen molar-refractivity contribution in [2.45, 2.75) is 6.92 Å². The summed E-state index contributed by atoms with van der Waals surface area (Å²) in [6.07, 6.45) is 0. The summed E-state index contributed by atoms with van der Waals surface area (Å²) in [5, 5.41) is 0. The molecule has 19 heavy (non-hydrogen) atoms. The molecule has 0 atom stereocenters. The van der Waals surface area contributed by atoms with Crippen molar-refractivity contribution in [2.75, 3.05) is 13.2 Å². The van der Waals surface area contributed by atoms with Crippen LogP contribution in [0.15, 0.2) is 51.4 Å². The number of rotatable bonds is 5. The molecule has 2 rings (SSSR count). The molecule has 0 aromatic heterocycles. The van der Waals surface area contributed by atoms with Crippen molar-refractivity contribution >= 4 is 31.9 Å². The lowest BCUT2D eigenvalue weighted by Crippen LogP contribution is -2.09. The molecule has 0 aliphatic rings. The van der Waals surface area contributed by atoms with Crippen molar-refractivity contribution in [1.29, 1.82) is 0 Å². The first-order chi connectivity index (χ1) is 9.15. The molecule has 0 aliphatic heterocycles. The lowest BCUT2D eigenvalue weighted by Gasteiger charge is -2.10. The van der Waals surface area contributed by atoms with E-state index < -0.39 is 0 Å². The van der Waals surface area contributed by atoms with Gasteiger partial charge < -0.3 is 9.47 Å². The van der Waals surface area contributed by atoms with Crippen LogP contribution in [0.4, 0.5) is 0 Å². The van der Waals surface area contributed by atoms with Crippen LogP contribution in [0.5, 0.6) is 11.5 Å². The highest BCUT2D eigenvalue weighted by molar-refractivity contribution is 9.10. The van der Waals surface area contributed by atoms with E-state index in [1.807, 2.05) is 49.4 Å². The average molecular weight is 386 g/mol. The Hall–Kier alpha value is -1.000. The number of benzene rings is 2. The largest absolute Gasteiger partial charge is 0.490 e. The summed E-state index contributed by atoms with van der Waals surface area (Å²) in [6, 6.07) is 13.7. The van der Waals surface area contributed by atoms with Gasteiger partial charge in [0.25, 0.3) is 0 Å². The van der Waals surface area contributed by atoms with Gasteiger partial charge in [0.15, 0.2) is 0 Å². The SMILES string of the molecule is Cc1cc(Br)ccc1OCCOc1ccc(Br)cc1. The van der Waals surface area contributed by atoms with Crippen LogP contribution < -0.4 is 9.47 Å². The van der Waals surface area contributed by atoms with Gasteiger partial charge in [-0.1, -0.05) is 31.9 Å². The Labute approximate surface area is 130 Å². The molecule has 0 N–H and O–H groups in total. The molecule has 0 heterocycles. The summed E-state index contributed by atoms with van der Waals surface area (Å²) in [7, 11) is 0. The molecule has 4 heteroatoms. The first-order valence-electron chi connectivity index (χ1n) is 5.92. The van der Waals surface area contributed by atoms with Crippen LogP contribution in [-0.4, -0.2) is 13.2 Å². The fraction of sp³-hybridized carbons (Fsp3) is 0.200. The monoisotopic (exact) mass is 384 g/mol. The summed E-state index contributed by atoms with van der Waals surface area (Å²) in [4.78, 5) is 0. The summed E-state index contributed by atoms with van der Waals surface area (Å²) >= 11 is 6.82. The van der Waals surface area contributed by atoms with Gasteiger partial charge in [-0.15, -0.1) is 0 Å². The van der Waals surface area contributed by atoms with Crippen molar-refractivity contribution in [3.63, 3.8) is 0 Å². The third-order valence-corrected chi connectivity index (χ3v) is 3.58. The van der Waals surface area contributed by atoms with Crippen LogP contribution in [-0.2, 0) is 0 Å². The average Bonchev–Trinajstić information content (AvgIpc) is 2.39. The molecule has 0 aliphatic carbocycles. The van der Waals surface area contributed by atoms with E-state index in [0.717, 1.165) is 26.0 Å². The van der Waals surface area contributed by atoms with Crippen molar-refractivity contribution in [2.24, 2.45) is 0 Å². The van der Waals surface area contributed by atoms with E-state index in [-0.39, 0.29) is 0 Å². The Bertz CT molecular complexity index is 538. The highest BCUT2D eigenvalue weighted by Crippen LogP contribution is 2.22. The van der Waals surface area contributed by atoms with Gasteiger partial charge >= 0.3 is 0 Å². The van der Waals surface area contributed by atoms with Gasteiger partial charge in [0.2, 0.25) is 0 Å². The van der Waals surface area contributed by atoms with Crippen molar-refractivity contribution < 1.29 is 9.47 Å². The highest BCUT2D eigenvalue weighted by Gasteiger charge is 2.00. The van der Waals surface area contributed by atoms with E-state index in [9.17, 15) is 0 Å². The zero-order valence-corrected chi connectivity index (χ0v) is 13.7. The molecule has 0 bridgehead atoms. The predicted molar refractivity (Wildman–Crippen MR) is 84.0 cm³/mol. The number of halogens is 2. The fourth-order valence-electron chi connectivity index (χ4n) is 1.62. The molecule has 0 saturated heterocycles. The van der Waals surface area contributed by atoms with Crippen LogP contribution in [0.1, 0.15) is 5.56 Å². The predicted octanol–water partition coefficient (Wildman–Crippen LogP) is 4.98. The maximum Gasteiger partial charge on any atom is 0.122 e. The topological polar surface area (TPSA) is 18.5 Å². The van der Waals surface area contributed by atoms with Gasteiger partial charge in [-0.3, -0.25) is 0 Å². The minimum absolute atomic E-state index is 0.525. The number of hydrogen-bond acceptors (Lipinski definition) is 2. The second-order valence-corrected chi connectivity index (χ2v) is 5.89. The van der Waals surface area contributed by atoms with Gasteiger partial charge in [-0.25, -0.2) is 0 Å². The number of aryl methyl sites for hydroxylation is 1. The quantitative estimate of drug-likeness (QED) is 0.676. The summed E-state index contributed by atoms with van der Waals surface area (Å²) in [6.45, 7) is 3.07. The number of ether oxygens (including phenoxy) is 2. The van der Waals surface area contributed by atoms with Crippen molar-refractivity contribution in [1.82, 2.24) is 0 Å². The summed E-state index contributed by atoms with van der Waals surface area (Å²) in [5.41, 5.74) is 1.11. The van der Waals surface area contributed by atoms with Crippen molar-refractivity contribution in [3.8, 4) is 11.5 Å². The third kappa shape index (κ3) is 4.55. The van der Waals surface area contributed by atoms with E-state index in [1.165, 1.54) is 0 Å². The molecule has 0 fully saturated rings. The smallest absolute Gasteiger partial charge is 0.122 e. The maximum absolute atomic E-state index is 5.68. The first kappa shape index (κ1) is 14.4. The van der Waals surface area contributed by atoms with Crippen LogP contribution in [0.2, 0.25) is 0 Å². The molecule has 2 aromatic carbocycles. The Kier molecular flexibility index (Phi) is 5.28. The Morgan fingerprint density at radius 1 is 0.842 bits per heavy atom. The van der Waals surface area contributed by atoms with Gasteiger partial charge in [0.1, 0.15) is 24.7 Å². The highest BCUT2D eigenvalue weighted by atomic mass is 79.9. The molecular weight excluding hydrogens is 372 g/mol. The standard InChI is InChI=1S/C15H14Br2O2/c1-11-10-13(17)4-7-15(11)19-9-8-18-14-5-2-12(16)3-6-14/h2-7,10H,8-9H2,1H3. The van der Waals surface area contributed by atoms with E-state index in [1.54, 1.807) is 0 Å². The zero-order valence-electron chi connectivity index (χ0n) is 10.5.